The van der Waals surface area contributed by atoms with E-state index in [1.165, 1.54) is 10.4 Å². The number of ether oxygens (including phenoxy) is 1. The minimum Gasteiger partial charge on any atom is -0.455 e. The van der Waals surface area contributed by atoms with E-state index in [1.807, 2.05) is 32.0 Å². The second-order valence-electron chi connectivity index (χ2n) is 8.25. The van der Waals surface area contributed by atoms with E-state index in [2.05, 4.69) is 5.32 Å². The van der Waals surface area contributed by atoms with Crippen molar-refractivity contribution in [3.05, 3.63) is 58.7 Å². The first-order valence-electron chi connectivity index (χ1n) is 10.8. The van der Waals surface area contributed by atoms with Gasteiger partial charge in [0.15, 0.2) is 6.61 Å². The molecule has 0 unspecified atom stereocenters. The zero-order chi connectivity index (χ0) is 23.3. The Morgan fingerprint density at radius 2 is 1.62 bits per heavy atom. The van der Waals surface area contributed by atoms with Crippen LogP contribution in [0, 0.1) is 20.8 Å². The third-order valence-electron chi connectivity index (χ3n) is 5.72. The number of hydrogen-bond acceptors (Lipinski definition) is 5. The highest BCUT2D eigenvalue weighted by molar-refractivity contribution is 7.89. The number of esters is 1. The Bertz CT molecular complexity index is 1110. The van der Waals surface area contributed by atoms with Crippen molar-refractivity contribution in [2.24, 2.45) is 0 Å². The molecule has 7 nitrogen and oxygen atoms in total. The van der Waals surface area contributed by atoms with Crippen LogP contribution in [0.3, 0.4) is 0 Å². The highest BCUT2D eigenvalue weighted by Gasteiger charge is 2.26. The second-order valence-corrected chi connectivity index (χ2v) is 10.2. The number of nitrogens with zero attached hydrogens (tertiary/aromatic N) is 1. The van der Waals surface area contributed by atoms with Crippen LogP contribution in [0.5, 0.6) is 0 Å². The lowest BCUT2D eigenvalue weighted by molar-refractivity contribution is -0.146. The van der Waals surface area contributed by atoms with Crippen LogP contribution in [-0.2, 0) is 30.8 Å². The zero-order valence-electron chi connectivity index (χ0n) is 18.8. The van der Waals surface area contributed by atoms with Crippen molar-refractivity contribution >= 4 is 27.6 Å². The third kappa shape index (κ3) is 5.95. The average molecular weight is 459 g/mol. The lowest BCUT2D eigenvalue weighted by atomic mass is 10.0. The number of piperidine rings is 1. The molecule has 1 aliphatic heterocycles. The van der Waals surface area contributed by atoms with Gasteiger partial charge in [-0.05, 0) is 68.0 Å². The van der Waals surface area contributed by atoms with Gasteiger partial charge >= 0.3 is 5.97 Å². The van der Waals surface area contributed by atoms with Gasteiger partial charge in [0.25, 0.3) is 5.91 Å². The summed E-state index contributed by atoms with van der Waals surface area (Å²) in [4.78, 5) is 24.6. The van der Waals surface area contributed by atoms with E-state index >= 15 is 0 Å². The smallest absolute Gasteiger partial charge is 0.310 e. The van der Waals surface area contributed by atoms with E-state index in [-0.39, 0.29) is 11.3 Å². The third-order valence-corrected chi connectivity index (χ3v) is 7.61. The number of carbonyl (C=O) groups is 2. The molecule has 0 atom stereocenters. The molecule has 1 amide bonds. The number of amides is 1. The average Bonchev–Trinajstić information content (AvgIpc) is 2.77. The van der Waals surface area contributed by atoms with Crippen LogP contribution in [-0.4, -0.2) is 44.3 Å². The standard InChI is InChI=1S/C24H30N2O5S/c1-17-7-9-20(13-19(17)3)14-24(28)31-16-23(27)25-22-15-21(10-8-18(22)2)32(29,30)26-11-5-4-6-12-26/h7-10,13,15H,4-6,11-12,14,16H2,1-3H3,(H,25,27). The van der Waals surface area contributed by atoms with Crippen LogP contribution in [0.2, 0.25) is 0 Å². The number of carbonyl (C=O) groups excluding carboxylic acids is 2. The molecule has 0 radical (unpaired) electrons. The molecule has 1 heterocycles. The Morgan fingerprint density at radius 3 is 2.31 bits per heavy atom. The molecule has 0 spiro atoms. The predicted octanol–water partition coefficient (Wildman–Crippen LogP) is 3.51. The molecular formula is C24H30N2O5S. The van der Waals surface area contributed by atoms with Gasteiger partial charge in [-0.3, -0.25) is 9.59 Å². The van der Waals surface area contributed by atoms with Crippen molar-refractivity contribution in [1.82, 2.24) is 4.31 Å². The molecule has 1 N–H and O–H groups in total. The van der Waals surface area contributed by atoms with E-state index in [9.17, 15) is 18.0 Å². The summed E-state index contributed by atoms with van der Waals surface area (Å²) in [5, 5.41) is 2.66. The minimum absolute atomic E-state index is 0.0803. The molecule has 0 aliphatic carbocycles. The summed E-state index contributed by atoms with van der Waals surface area (Å²) in [6, 6.07) is 10.4. The van der Waals surface area contributed by atoms with Crippen molar-refractivity contribution < 1.29 is 22.7 Å². The summed E-state index contributed by atoms with van der Waals surface area (Å²) in [7, 11) is -3.61. The van der Waals surface area contributed by atoms with Gasteiger partial charge in [-0.1, -0.05) is 30.7 Å². The van der Waals surface area contributed by atoms with Crippen molar-refractivity contribution in [3.8, 4) is 0 Å². The first kappa shape index (κ1) is 23.9. The van der Waals surface area contributed by atoms with Crippen LogP contribution in [0.4, 0.5) is 5.69 Å². The van der Waals surface area contributed by atoms with Gasteiger partial charge in [0.05, 0.1) is 11.3 Å². The summed E-state index contributed by atoms with van der Waals surface area (Å²) in [5.74, 6) is -1.02. The quantitative estimate of drug-likeness (QED) is 0.641. The monoisotopic (exact) mass is 458 g/mol. The highest BCUT2D eigenvalue weighted by atomic mass is 32.2. The minimum atomic E-state index is -3.61. The Morgan fingerprint density at radius 1 is 0.938 bits per heavy atom. The van der Waals surface area contributed by atoms with E-state index < -0.39 is 28.5 Å². The van der Waals surface area contributed by atoms with Gasteiger partial charge < -0.3 is 10.1 Å². The molecule has 1 fully saturated rings. The Hall–Kier alpha value is -2.71. The number of aryl methyl sites for hydroxylation is 3. The van der Waals surface area contributed by atoms with Crippen LogP contribution in [0.25, 0.3) is 0 Å². The van der Waals surface area contributed by atoms with Gasteiger partial charge in [-0.25, -0.2) is 8.42 Å². The molecule has 172 valence electrons. The largest absolute Gasteiger partial charge is 0.455 e. The summed E-state index contributed by atoms with van der Waals surface area (Å²) in [6.45, 7) is 6.32. The van der Waals surface area contributed by atoms with Crippen LogP contribution >= 0.6 is 0 Å². The maximum absolute atomic E-state index is 12.9. The Labute approximate surface area is 189 Å². The first-order chi connectivity index (χ1) is 15.2. The van der Waals surface area contributed by atoms with Crippen molar-refractivity contribution in [1.29, 1.82) is 0 Å². The summed E-state index contributed by atoms with van der Waals surface area (Å²) in [5.41, 5.74) is 4.16. The first-order valence-corrected chi connectivity index (χ1v) is 12.2. The molecule has 0 bridgehead atoms. The Balaban J connectivity index is 1.60. The van der Waals surface area contributed by atoms with E-state index in [0.717, 1.165) is 41.5 Å². The lowest BCUT2D eigenvalue weighted by Crippen LogP contribution is -2.35. The molecule has 0 aromatic heterocycles. The van der Waals surface area contributed by atoms with E-state index in [1.54, 1.807) is 19.1 Å². The van der Waals surface area contributed by atoms with Crippen LogP contribution < -0.4 is 5.32 Å². The molecular weight excluding hydrogens is 428 g/mol. The molecule has 2 aromatic carbocycles. The van der Waals surface area contributed by atoms with Crippen LogP contribution in [0.1, 0.15) is 41.5 Å². The summed E-state index contributed by atoms with van der Waals surface area (Å²) in [6.07, 6.45) is 2.81. The van der Waals surface area contributed by atoms with E-state index in [0.29, 0.717) is 18.8 Å². The van der Waals surface area contributed by atoms with Crippen LogP contribution in [0.15, 0.2) is 41.3 Å². The van der Waals surface area contributed by atoms with E-state index in [4.69, 9.17) is 4.74 Å². The predicted molar refractivity (Wildman–Crippen MR) is 123 cm³/mol. The topological polar surface area (TPSA) is 92.8 Å². The second kappa shape index (κ2) is 10.3. The molecule has 3 rings (SSSR count). The fraction of sp³-hybridized carbons (Fsp3) is 0.417. The highest BCUT2D eigenvalue weighted by Crippen LogP contribution is 2.25. The van der Waals surface area contributed by atoms with Crippen molar-refractivity contribution in [2.45, 2.75) is 51.3 Å². The molecule has 1 saturated heterocycles. The normalized spacial score (nSPS) is 14.7. The number of anilines is 1. The molecule has 1 aliphatic rings. The number of rotatable bonds is 7. The van der Waals surface area contributed by atoms with Gasteiger partial charge in [0.1, 0.15) is 0 Å². The maximum Gasteiger partial charge on any atom is 0.310 e. The zero-order valence-corrected chi connectivity index (χ0v) is 19.6. The van der Waals surface area contributed by atoms with Crippen molar-refractivity contribution in [3.63, 3.8) is 0 Å². The van der Waals surface area contributed by atoms with Gasteiger partial charge in [0, 0.05) is 18.8 Å². The summed E-state index contributed by atoms with van der Waals surface area (Å²) < 4.78 is 32.4. The van der Waals surface area contributed by atoms with Gasteiger partial charge in [-0.15, -0.1) is 0 Å². The van der Waals surface area contributed by atoms with Gasteiger partial charge in [0.2, 0.25) is 10.0 Å². The molecule has 8 heteroatoms. The number of nitrogens with one attached hydrogen (secondary N) is 1. The molecule has 0 saturated carbocycles. The maximum atomic E-state index is 12.9. The Kier molecular flexibility index (Phi) is 7.69. The fourth-order valence-electron chi connectivity index (χ4n) is 3.61. The SMILES string of the molecule is Cc1ccc(CC(=O)OCC(=O)Nc2cc(S(=O)(=O)N3CCCCC3)ccc2C)cc1C. The number of hydrogen-bond donors (Lipinski definition) is 1. The molecule has 2 aromatic rings. The lowest BCUT2D eigenvalue weighted by Gasteiger charge is -2.26. The van der Waals surface area contributed by atoms with Gasteiger partial charge in [-0.2, -0.15) is 4.31 Å². The molecule has 32 heavy (non-hydrogen) atoms. The fourth-order valence-corrected chi connectivity index (χ4v) is 5.16. The number of benzene rings is 2. The number of sulfonamides is 1. The van der Waals surface area contributed by atoms with Crippen molar-refractivity contribution in [2.75, 3.05) is 25.0 Å². The summed E-state index contributed by atoms with van der Waals surface area (Å²) >= 11 is 0.